The summed E-state index contributed by atoms with van der Waals surface area (Å²) in [5, 5.41) is 8.65. The number of hydrogen-bond donors (Lipinski definition) is 1. The van der Waals surface area contributed by atoms with Crippen molar-refractivity contribution in [1.82, 2.24) is 0 Å². The Kier molecular flexibility index (Phi) is 2.47. The van der Waals surface area contributed by atoms with Crippen LogP contribution in [0.15, 0.2) is 18.2 Å². The molecule has 0 aliphatic carbocycles. The van der Waals surface area contributed by atoms with Crippen LogP contribution < -0.4 is 4.90 Å². The summed E-state index contributed by atoms with van der Waals surface area (Å²) in [6.45, 7) is 0.473. The zero-order valence-corrected chi connectivity index (χ0v) is 8.14. The quantitative estimate of drug-likeness (QED) is 0.827. The molecular formula is C10H8FNO4. The maximum Gasteiger partial charge on any atom is 0.414 e. The van der Waals surface area contributed by atoms with E-state index >= 15 is 0 Å². The minimum atomic E-state index is -1.21. The van der Waals surface area contributed by atoms with E-state index < -0.39 is 17.9 Å². The van der Waals surface area contributed by atoms with Crippen LogP contribution in [-0.4, -0.2) is 30.3 Å². The second kappa shape index (κ2) is 3.80. The molecule has 84 valence electrons. The largest absolute Gasteiger partial charge is 0.478 e. The number of carbonyl (C=O) groups is 2. The van der Waals surface area contributed by atoms with Gasteiger partial charge in [0.05, 0.1) is 17.8 Å². The van der Waals surface area contributed by atoms with Crippen molar-refractivity contribution in [2.75, 3.05) is 18.1 Å². The van der Waals surface area contributed by atoms with Crippen molar-refractivity contribution in [3.05, 3.63) is 29.6 Å². The number of halogens is 1. The summed E-state index contributed by atoms with van der Waals surface area (Å²) in [5.74, 6) is -1.96. The first-order chi connectivity index (χ1) is 7.59. The molecule has 0 aromatic heterocycles. The number of anilines is 1. The molecule has 0 spiro atoms. The summed E-state index contributed by atoms with van der Waals surface area (Å²) < 4.78 is 18.2. The van der Waals surface area contributed by atoms with Gasteiger partial charge in [0.2, 0.25) is 0 Å². The molecule has 1 N–H and O–H groups in total. The first-order valence-electron chi connectivity index (χ1n) is 4.57. The first-order valence-corrected chi connectivity index (χ1v) is 4.57. The van der Waals surface area contributed by atoms with Gasteiger partial charge in [-0.15, -0.1) is 0 Å². The lowest BCUT2D eigenvalue weighted by atomic mass is 10.2. The number of carboxylic acids is 1. The van der Waals surface area contributed by atoms with Gasteiger partial charge < -0.3 is 9.84 Å². The van der Waals surface area contributed by atoms with Crippen molar-refractivity contribution in [1.29, 1.82) is 0 Å². The number of rotatable bonds is 2. The molecule has 1 aliphatic heterocycles. The van der Waals surface area contributed by atoms with Crippen LogP contribution in [0.25, 0.3) is 0 Å². The number of ether oxygens (including phenoxy) is 1. The van der Waals surface area contributed by atoms with Gasteiger partial charge in [-0.2, -0.15) is 0 Å². The molecule has 0 saturated carbocycles. The number of carboxylic acid groups (broad SMARTS) is 1. The van der Waals surface area contributed by atoms with E-state index in [4.69, 9.17) is 5.11 Å². The molecule has 1 saturated heterocycles. The van der Waals surface area contributed by atoms with Gasteiger partial charge in [0.25, 0.3) is 0 Å². The molecule has 5 nitrogen and oxygen atoms in total. The van der Waals surface area contributed by atoms with E-state index in [9.17, 15) is 14.0 Å². The molecule has 0 bridgehead atoms. The predicted octanol–water partition coefficient (Wildman–Crippen LogP) is 1.48. The summed E-state index contributed by atoms with van der Waals surface area (Å²) in [4.78, 5) is 22.9. The molecule has 0 atom stereocenters. The molecule has 16 heavy (non-hydrogen) atoms. The van der Waals surface area contributed by atoms with Gasteiger partial charge >= 0.3 is 12.1 Å². The Morgan fingerprint density at radius 3 is 2.75 bits per heavy atom. The van der Waals surface area contributed by atoms with Crippen LogP contribution in [0.4, 0.5) is 14.9 Å². The van der Waals surface area contributed by atoms with Crippen LogP contribution in [0, 0.1) is 5.82 Å². The van der Waals surface area contributed by atoms with Crippen LogP contribution in [0.3, 0.4) is 0 Å². The summed E-state index contributed by atoms with van der Waals surface area (Å²) in [7, 11) is 0. The van der Waals surface area contributed by atoms with Crippen molar-refractivity contribution >= 4 is 17.7 Å². The zero-order chi connectivity index (χ0) is 11.7. The average Bonchev–Trinajstić information content (AvgIpc) is 2.64. The van der Waals surface area contributed by atoms with Gasteiger partial charge in [0.1, 0.15) is 12.4 Å². The predicted molar refractivity (Wildman–Crippen MR) is 52.1 cm³/mol. The second-order valence-corrected chi connectivity index (χ2v) is 3.24. The minimum absolute atomic E-state index is 0.0347. The third kappa shape index (κ3) is 1.69. The van der Waals surface area contributed by atoms with E-state index in [1.165, 1.54) is 12.1 Å². The topological polar surface area (TPSA) is 66.8 Å². The highest BCUT2D eigenvalue weighted by molar-refractivity contribution is 5.92. The van der Waals surface area contributed by atoms with Crippen LogP contribution in [0.1, 0.15) is 10.4 Å². The zero-order valence-electron chi connectivity index (χ0n) is 8.14. The van der Waals surface area contributed by atoms with E-state index in [1.54, 1.807) is 0 Å². The molecule has 6 heteroatoms. The summed E-state index contributed by atoms with van der Waals surface area (Å²) in [5.41, 5.74) is -0.124. The third-order valence-corrected chi connectivity index (χ3v) is 2.25. The van der Waals surface area contributed by atoms with Gasteiger partial charge in [0.15, 0.2) is 0 Å². The molecule has 1 amide bonds. The molecular weight excluding hydrogens is 217 g/mol. The Labute approximate surface area is 90.0 Å². The maximum atomic E-state index is 13.5. The average molecular weight is 225 g/mol. The Balaban J connectivity index is 2.36. The van der Waals surface area contributed by atoms with Crippen LogP contribution in [0.5, 0.6) is 0 Å². The van der Waals surface area contributed by atoms with E-state index in [-0.39, 0.29) is 24.4 Å². The number of carbonyl (C=O) groups excluding carboxylic acids is 1. The lowest BCUT2D eigenvalue weighted by Gasteiger charge is -2.13. The summed E-state index contributed by atoms with van der Waals surface area (Å²) >= 11 is 0. The first kappa shape index (κ1) is 10.4. The van der Waals surface area contributed by atoms with E-state index in [0.717, 1.165) is 11.0 Å². The highest BCUT2D eigenvalue weighted by Crippen LogP contribution is 2.23. The van der Waals surface area contributed by atoms with Crippen molar-refractivity contribution in [3.8, 4) is 0 Å². The number of nitrogens with zero attached hydrogens (tertiary/aromatic N) is 1. The second-order valence-electron chi connectivity index (χ2n) is 3.24. The van der Waals surface area contributed by atoms with Crippen molar-refractivity contribution in [3.63, 3.8) is 0 Å². The van der Waals surface area contributed by atoms with Crippen molar-refractivity contribution in [2.45, 2.75) is 0 Å². The molecule has 1 fully saturated rings. The number of amides is 1. The highest BCUT2D eigenvalue weighted by Gasteiger charge is 2.26. The Morgan fingerprint density at radius 1 is 1.50 bits per heavy atom. The SMILES string of the molecule is O=C(O)c1ccc(N2CCOC2=O)c(F)c1. The number of cyclic esters (lactones) is 1. The fourth-order valence-corrected chi connectivity index (χ4v) is 1.47. The van der Waals surface area contributed by atoms with Gasteiger partial charge in [-0.05, 0) is 18.2 Å². The molecule has 1 aliphatic rings. The smallest absolute Gasteiger partial charge is 0.414 e. The molecule has 1 heterocycles. The molecule has 1 aromatic rings. The van der Waals surface area contributed by atoms with Crippen molar-refractivity contribution in [2.24, 2.45) is 0 Å². The fraction of sp³-hybridized carbons (Fsp3) is 0.200. The van der Waals surface area contributed by atoms with E-state index in [2.05, 4.69) is 4.74 Å². The maximum absolute atomic E-state index is 13.5. The Morgan fingerprint density at radius 2 is 2.25 bits per heavy atom. The lowest BCUT2D eigenvalue weighted by molar-refractivity contribution is 0.0696. The Hall–Kier alpha value is -2.11. The van der Waals surface area contributed by atoms with Crippen LogP contribution in [-0.2, 0) is 4.74 Å². The van der Waals surface area contributed by atoms with Crippen LogP contribution >= 0.6 is 0 Å². The standard InChI is InChI=1S/C10H8FNO4/c11-7-5-6(9(13)14)1-2-8(7)12-3-4-16-10(12)15/h1-2,5H,3-4H2,(H,13,14). The number of hydrogen-bond acceptors (Lipinski definition) is 3. The van der Waals surface area contributed by atoms with Gasteiger partial charge in [-0.3, -0.25) is 4.90 Å². The van der Waals surface area contributed by atoms with Crippen LogP contribution in [0.2, 0.25) is 0 Å². The minimum Gasteiger partial charge on any atom is -0.478 e. The highest BCUT2D eigenvalue weighted by atomic mass is 19.1. The summed E-state index contributed by atoms with van der Waals surface area (Å²) in [6, 6.07) is 3.38. The molecule has 0 radical (unpaired) electrons. The monoisotopic (exact) mass is 225 g/mol. The fourth-order valence-electron chi connectivity index (χ4n) is 1.47. The normalized spacial score (nSPS) is 15.1. The molecule has 1 aromatic carbocycles. The Bertz CT molecular complexity index is 460. The van der Waals surface area contributed by atoms with E-state index in [0.29, 0.717) is 0 Å². The lowest BCUT2D eigenvalue weighted by Crippen LogP contribution is -2.24. The van der Waals surface area contributed by atoms with E-state index in [1.807, 2.05) is 0 Å². The van der Waals surface area contributed by atoms with Gasteiger partial charge in [-0.25, -0.2) is 14.0 Å². The van der Waals surface area contributed by atoms with Gasteiger partial charge in [-0.1, -0.05) is 0 Å². The summed E-state index contributed by atoms with van der Waals surface area (Å²) in [6.07, 6.45) is -0.623. The number of benzene rings is 1. The van der Waals surface area contributed by atoms with Crippen molar-refractivity contribution < 1.29 is 23.8 Å². The van der Waals surface area contributed by atoms with Gasteiger partial charge in [0, 0.05) is 0 Å². The molecule has 0 unspecified atom stereocenters. The molecule has 2 rings (SSSR count). The third-order valence-electron chi connectivity index (χ3n) is 2.25. The number of aromatic carboxylic acids is 1.